The summed E-state index contributed by atoms with van der Waals surface area (Å²) in [5, 5.41) is 0. The number of rotatable bonds is 19. The Labute approximate surface area is 382 Å². The predicted molar refractivity (Wildman–Crippen MR) is 262 cm³/mol. The molecule has 11 nitrogen and oxygen atoms in total. The second-order valence-electron chi connectivity index (χ2n) is 16.2. The Balaban J connectivity index is 1.94. The lowest BCUT2D eigenvalue weighted by molar-refractivity contribution is -0.223. The number of halogens is 3. The summed E-state index contributed by atoms with van der Waals surface area (Å²) in [4.78, 5) is 57.4. The van der Waals surface area contributed by atoms with Crippen LogP contribution in [-0.4, -0.2) is 144 Å². The first-order valence-electron chi connectivity index (χ1n) is 22.5. The molecule has 64 heavy (non-hydrogen) atoms. The van der Waals surface area contributed by atoms with Gasteiger partial charge in [0.2, 0.25) is 6.10 Å². The van der Waals surface area contributed by atoms with Crippen LogP contribution in [0.1, 0.15) is 94.0 Å². The predicted octanol–water partition coefficient (Wildman–Crippen LogP) is -3.37. The van der Waals surface area contributed by atoms with Crippen LogP contribution < -0.4 is 0 Å². The van der Waals surface area contributed by atoms with Crippen LogP contribution >= 0.6 is 0 Å². The maximum atomic E-state index is 14.4. The van der Waals surface area contributed by atoms with E-state index in [9.17, 15) is 45.3 Å². The molecule has 1 N–H and O–H groups in total. The van der Waals surface area contributed by atoms with Gasteiger partial charge in [0.05, 0.1) is 16.7 Å². The lowest BCUT2D eigenvalue weighted by Crippen LogP contribution is -2.53. The van der Waals surface area contributed by atoms with Gasteiger partial charge in [0.25, 0.3) is 10.1 Å². The maximum Gasteiger partial charge on any atom is 0.426 e. The second-order valence-corrected chi connectivity index (χ2v) is 17.7. The van der Waals surface area contributed by atoms with Crippen molar-refractivity contribution in [3.8, 4) is 0 Å². The van der Waals surface area contributed by atoms with Crippen molar-refractivity contribution < 1.29 is 64.3 Å². The van der Waals surface area contributed by atoms with E-state index >= 15 is 0 Å². The van der Waals surface area contributed by atoms with Crippen molar-refractivity contribution >= 4 is 105 Å². The van der Waals surface area contributed by atoms with Crippen LogP contribution in [0.15, 0.2) is 36.4 Å². The molecule has 3 atom stereocenters. The average Bonchev–Trinajstić information content (AvgIpc) is 3.25. The lowest BCUT2D eigenvalue weighted by Gasteiger charge is -2.39. The normalized spacial score (nSPS) is 18.1. The van der Waals surface area contributed by atoms with Crippen molar-refractivity contribution in [3.63, 3.8) is 0 Å². The van der Waals surface area contributed by atoms with Gasteiger partial charge in [-0.05, 0) is 34.9 Å². The molecule has 1 fully saturated rings. The van der Waals surface area contributed by atoms with Crippen LogP contribution in [0.25, 0.3) is 0 Å². The summed E-state index contributed by atoms with van der Waals surface area (Å²) in [7, 11) is 11.8. The number of hydrogen-bond acceptors (Lipinski definition) is 10. The number of hydrogen-bond donors (Lipinski definition) is 1. The second kappa shape index (κ2) is 22.8. The highest BCUT2D eigenvalue weighted by Gasteiger charge is 2.52. The molecule has 0 heterocycles. The zero-order chi connectivity index (χ0) is 47.7. The monoisotopic (exact) mass is 898 g/mol. The highest BCUT2D eigenvalue weighted by atomic mass is 32.2. The Morgan fingerprint density at radius 1 is 0.578 bits per heavy atom. The zero-order valence-electron chi connectivity index (χ0n) is 38.4. The zero-order valence-corrected chi connectivity index (χ0v) is 39.2. The highest BCUT2D eigenvalue weighted by molar-refractivity contribution is 7.85. The van der Waals surface area contributed by atoms with Gasteiger partial charge in [-0.3, -0.25) is 9.35 Å². The number of esters is 4. The van der Waals surface area contributed by atoms with Crippen molar-refractivity contribution in [2.24, 2.45) is 5.92 Å². The first kappa shape index (κ1) is 52.4. The molecule has 3 aromatic carbocycles. The molecule has 0 saturated heterocycles. The number of carbonyl (C=O) groups excluding carboxylic acids is 4. The Bertz CT molecular complexity index is 2230. The van der Waals surface area contributed by atoms with E-state index in [0.29, 0.717) is 73.6 Å². The van der Waals surface area contributed by atoms with E-state index in [0.717, 1.165) is 38.9 Å². The van der Waals surface area contributed by atoms with Gasteiger partial charge in [-0.1, -0.05) is 108 Å². The van der Waals surface area contributed by atoms with Gasteiger partial charge < -0.3 is 18.9 Å². The molecular weight excluding hydrogens is 843 g/mol. The molecule has 334 valence electrons. The molecule has 3 unspecified atom stereocenters. The van der Waals surface area contributed by atoms with Crippen molar-refractivity contribution in [2.45, 2.75) is 100 Å². The fraction of sp³-hybridized carbons (Fsp3) is 0.450. The molecule has 4 rings (SSSR count). The quantitative estimate of drug-likeness (QED) is 0.0555. The van der Waals surface area contributed by atoms with E-state index in [1.165, 1.54) is 0 Å². The van der Waals surface area contributed by atoms with Gasteiger partial charge in [0.15, 0.2) is 0 Å². The third-order valence-electron chi connectivity index (χ3n) is 12.1. The molecule has 0 aromatic heterocycles. The summed E-state index contributed by atoms with van der Waals surface area (Å²) in [6.45, 7) is 0. The van der Waals surface area contributed by atoms with Gasteiger partial charge >= 0.3 is 30.1 Å². The van der Waals surface area contributed by atoms with Gasteiger partial charge in [-0.25, -0.2) is 14.4 Å². The fourth-order valence-electron chi connectivity index (χ4n) is 8.76. The third-order valence-corrected chi connectivity index (χ3v) is 12.9. The maximum absolute atomic E-state index is 14.4. The summed E-state index contributed by atoms with van der Waals surface area (Å²) in [5.41, 5.74) is 7.85. The molecule has 1 aliphatic rings. The fourth-order valence-corrected chi connectivity index (χ4v) is 9.40. The highest BCUT2D eigenvalue weighted by Crippen LogP contribution is 2.37. The van der Waals surface area contributed by atoms with E-state index in [-0.39, 0.29) is 11.1 Å². The minimum absolute atomic E-state index is 0.158. The Kier molecular flexibility index (Phi) is 18.7. The molecular formula is C40H54B9F3O11S. The van der Waals surface area contributed by atoms with E-state index in [4.69, 9.17) is 18.9 Å². The Morgan fingerprint density at radius 3 is 1.20 bits per heavy atom. The smallest absolute Gasteiger partial charge is 0.426 e. The molecule has 1 aliphatic carbocycles. The Morgan fingerprint density at radius 2 is 0.922 bits per heavy atom. The number of alkyl halides is 3. The van der Waals surface area contributed by atoms with Crippen LogP contribution in [-0.2, 0) is 90.7 Å². The van der Waals surface area contributed by atoms with Crippen molar-refractivity contribution in [3.05, 3.63) is 103 Å². The van der Waals surface area contributed by atoms with Crippen molar-refractivity contribution in [1.29, 1.82) is 0 Å². The molecule has 0 bridgehead atoms. The van der Waals surface area contributed by atoms with Crippen LogP contribution in [0.4, 0.5) is 13.2 Å². The van der Waals surface area contributed by atoms with Crippen molar-refractivity contribution in [2.75, 3.05) is 5.75 Å². The summed E-state index contributed by atoms with van der Waals surface area (Å²) in [6.07, 6.45) is -9.58. The van der Waals surface area contributed by atoms with E-state index in [1.807, 2.05) is 88.8 Å². The standard InChI is InChI=1S/C40H54B9F3O11S/c41-9-19-1-22(12-44)29(15-47)26(4-19)36(53)60-25-7-32(61-37(54)27-5-20(10-42)2-23(13-45)30(27)16-48)35(39(56)63-34(40(50,51)52)18-64(57,58)59)33(8-25)62-38(55)28-6-21(11-43)3-24(14-46)31(28)17-49/h1-6,25,32-35H,7-18,41-49H2,(H,57,58,59). The molecule has 3 aromatic rings. The number of benzene rings is 3. The van der Waals surface area contributed by atoms with E-state index in [2.05, 4.69) is 0 Å². The molecule has 24 heteroatoms. The first-order valence-corrected chi connectivity index (χ1v) is 24.1. The topological polar surface area (TPSA) is 160 Å². The van der Waals surface area contributed by atoms with Gasteiger partial charge in [0, 0.05) is 12.8 Å². The van der Waals surface area contributed by atoms with E-state index in [1.54, 1.807) is 18.2 Å². The summed E-state index contributed by atoms with van der Waals surface area (Å²) in [6, 6.07) is 11.0. The molecule has 1 saturated carbocycles. The van der Waals surface area contributed by atoms with Gasteiger partial charge in [-0.15, -0.1) is 0 Å². The van der Waals surface area contributed by atoms with Gasteiger partial charge in [0.1, 0.15) is 101 Å². The summed E-state index contributed by atoms with van der Waals surface area (Å²) >= 11 is 0. The minimum atomic E-state index is -5.47. The number of ether oxygens (including phenoxy) is 4. The molecule has 0 spiro atoms. The minimum Gasteiger partial charge on any atom is -0.458 e. The molecule has 0 radical (unpaired) electrons. The Hall–Kier alpha value is -4.18. The third kappa shape index (κ3) is 12.8. The summed E-state index contributed by atoms with van der Waals surface area (Å²) in [5.74, 6) is -8.30. The van der Waals surface area contributed by atoms with E-state index < -0.39 is 89.1 Å². The van der Waals surface area contributed by atoms with Gasteiger partial charge in [-0.2, -0.15) is 21.6 Å². The lowest BCUT2D eigenvalue weighted by atomic mass is 9.80. The molecule has 0 amide bonds. The molecule has 0 aliphatic heterocycles. The van der Waals surface area contributed by atoms with Crippen LogP contribution in [0.2, 0.25) is 0 Å². The van der Waals surface area contributed by atoms with Crippen LogP contribution in [0.3, 0.4) is 0 Å². The first-order chi connectivity index (χ1) is 30.2. The number of carbonyl (C=O) groups is 4. The largest absolute Gasteiger partial charge is 0.458 e. The van der Waals surface area contributed by atoms with Crippen molar-refractivity contribution in [1.82, 2.24) is 0 Å². The van der Waals surface area contributed by atoms with Crippen LogP contribution in [0.5, 0.6) is 0 Å². The summed E-state index contributed by atoms with van der Waals surface area (Å²) < 4.78 is 99.3. The SMILES string of the molecule is BCc1cc(CB)c(CB)c(C(=O)OC2CC(OC(=O)c3cc(CB)cc(CB)c3CB)C(C(=O)OC(CS(=O)(=O)O)C(F)(F)F)C(OC(=O)c3cc(CB)cc(CB)c3CB)C2)c1. The van der Waals surface area contributed by atoms with Crippen LogP contribution in [0, 0.1) is 5.92 Å². The average molecular weight is 897 g/mol.